The average Bonchev–Trinajstić information content (AvgIpc) is 2.32. The van der Waals surface area contributed by atoms with Gasteiger partial charge in [0.2, 0.25) is 0 Å². The van der Waals surface area contributed by atoms with E-state index in [4.69, 9.17) is 4.74 Å². The molecule has 1 rings (SSSR count). The van der Waals surface area contributed by atoms with Gasteiger partial charge in [-0.2, -0.15) is 0 Å². The molecule has 0 aliphatic heterocycles. The predicted octanol–water partition coefficient (Wildman–Crippen LogP) is 4.86. The van der Waals surface area contributed by atoms with Crippen LogP contribution in [0.25, 0.3) is 0 Å². The molecule has 0 amide bonds. The zero-order valence-corrected chi connectivity index (χ0v) is 17.0. The molecule has 0 unspecified atom stereocenters. The fourth-order valence-electron chi connectivity index (χ4n) is 3.17. The van der Waals surface area contributed by atoms with Crippen LogP contribution in [0, 0.1) is 5.41 Å². The smallest absolute Gasteiger partial charge is 0.302 e. The highest BCUT2D eigenvalue weighted by Gasteiger charge is 2.46. The molecule has 23 heavy (non-hydrogen) atoms. The molecule has 0 aromatic heterocycles. The molecule has 2 atom stereocenters. The van der Waals surface area contributed by atoms with Crippen LogP contribution in [-0.4, -0.2) is 22.8 Å². The minimum Gasteiger partial charge on any atom is -0.462 e. The topological polar surface area (TPSA) is 46.5 Å². The Morgan fingerprint density at radius 2 is 1.87 bits per heavy atom. The van der Waals surface area contributed by atoms with Gasteiger partial charge in [-0.15, -0.1) is 5.73 Å². The van der Waals surface area contributed by atoms with Crippen LogP contribution in [0.3, 0.4) is 0 Å². The highest BCUT2D eigenvalue weighted by atomic mass is 127. The SMILES string of the molecule is CC(=O)O[C@H]1CC(C)(C)C(=C=C/C(C)=C/C=C(\C)I)[C@](C)(O)C1. The maximum Gasteiger partial charge on any atom is 0.302 e. The van der Waals surface area contributed by atoms with Gasteiger partial charge in [0.05, 0.1) is 5.60 Å². The van der Waals surface area contributed by atoms with Gasteiger partial charge in [0.1, 0.15) is 6.10 Å². The van der Waals surface area contributed by atoms with Gasteiger partial charge < -0.3 is 9.84 Å². The molecule has 0 aromatic rings. The minimum atomic E-state index is -1.03. The summed E-state index contributed by atoms with van der Waals surface area (Å²) in [5, 5.41) is 10.8. The zero-order valence-electron chi connectivity index (χ0n) is 14.9. The Bertz CT molecular complexity index is 564. The molecule has 4 heteroatoms. The molecule has 1 fully saturated rings. The van der Waals surface area contributed by atoms with Crippen molar-refractivity contribution in [3.63, 3.8) is 0 Å². The molecule has 1 N–H and O–H groups in total. The Morgan fingerprint density at radius 1 is 1.26 bits per heavy atom. The summed E-state index contributed by atoms with van der Waals surface area (Å²) < 4.78 is 6.54. The first-order chi connectivity index (χ1) is 10.4. The lowest BCUT2D eigenvalue weighted by molar-refractivity contribution is -0.152. The van der Waals surface area contributed by atoms with Gasteiger partial charge in [0.15, 0.2) is 0 Å². The number of hydrogen-bond donors (Lipinski definition) is 1. The summed E-state index contributed by atoms with van der Waals surface area (Å²) in [5.74, 6) is -0.302. The Kier molecular flexibility index (Phi) is 6.87. The number of carbonyl (C=O) groups is 1. The van der Waals surface area contributed by atoms with E-state index < -0.39 is 5.60 Å². The van der Waals surface area contributed by atoms with E-state index in [9.17, 15) is 9.90 Å². The number of carbonyl (C=O) groups excluding carboxylic acids is 1. The van der Waals surface area contributed by atoms with E-state index in [1.54, 1.807) is 6.92 Å². The van der Waals surface area contributed by atoms with Gasteiger partial charge in [0, 0.05) is 18.9 Å². The third kappa shape index (κ3) is 6.28. The maximum atomic E-state index is 11.2. The Hall–Kier alpha value is -0.840. The highest BCUT2D eigenvalue weighted by molar-refractivity contribution is 14.1. The summed E-state index contributed by atoms with van der Waals surface area (Å²) in [5.41, 5.74) is 3.91. The molecule has 128 valence electrons. The minimum absolute atomic E-state index is 0.260. The number of ether oxygens (including phenoxy) is 1. The van der Waals surface area contributed by atoms with Crippen molar-refractivity contribution in [3.8, 4) is 0 Å². The summed E-state index contributed by atoms with van der Waals surface area (Å²) in [6.45, 7) is 11.3. The van der Waals surface area contributed by atoms with E-state index >= 15 is 0 Å². The fraction of sp³-hybridized carbons (Fsp3) is 0.579. The van der Waals surface area contributed by atoms with E-state index in [0.717, 1.165) is 11.1 Å². The number of rotatable bonds is 3. The van der Waals surface area contributed by atoms with Crippen LogP contribution >= 0.6 is 22.6 Å². The molecule has 0 bridgehead atoms. The van der Waals surface area contributed by atoms with Gasteiger partial charge in [-0.1, -0.05) is 26.0 Å². The fourth-order valence-corrected chi connectivity index (χ4v) is 3.35. The first kappa shape index (κ1) is 20.2. The summed E-state index contributed by atoms with van der Waals surface area (Å²) in [7, 11) is 0. The lowest BCUT2D eigenvalue weighted by Crippen LogP contribution is -2.46. The molecule has 0 heterocycles. The van der Waals surface area contributed by atoms with Crippen LogP contribution in [0.4, 0.5) is 0 Å². The second-order valence-corrected chi connectivity index (χ2v) is 8.83. The van der Waals surface area contributed by atoms with E-state index in [1.807, 2.05) is 32.1 Å². The van der Waals surface area contributed by atoms with Gasteiger partial charge in [-0.25, -0.2) is 0 Å². The van der Waals surface area contributed by atoms with Crippen LogP contribution in [0.15, 0.2) is 38.7 Å². The molecule has 1 aliphatic carbocycles. The lowest BCUT2D eigenvalue weighted by atomic mass is 9.65. The third-order valence-electron chi connectivity index (χ3n) is 3.93. The van der Waals surface area contributed by atoms with E-state index in [2.05, 4.69) is 42.2 Å². The summed E-state index contributed by atoms with van der Waals surface area (Å²) in [6.07, 6.45) is 6.81. The van der Waals surface area contributed by atoms with Gasteiger partial charge in [-0.3, -0.25) is 4.79 Å². The summed E-state index contributed by atoms with van der Waals surface area (Å²) in [4.78, 5) is 11.2. The molecule has 0 spiro atoms. The van der Waals surface area contributed by atoms with Gasteiger partial charge in [-0.05, 0) is 70.4 Å². The summed E-state index contributed by atoms with van der Waals surface area (Å²) >= 11 is 2.27. The lowest BCUT2D eigenvalue weighted by Gasteiger charge is -2.44. The molecule has 1 saturated carbocycles. The van der Waals surface area contributed by atoms with E-state index in [-0.39, 0.29) is 17.5 Å². The van der Waals surface area contributed by atoms with Crippen molar-refractivity contribution in [3.05, 3.63) is 38.7 Å². The van der Waals surface area contributed by atoms with E-state index in [0.29, 0.717) is 12.8 Å². The Balaban J connectivity index is 3.15. The average molecular weight is 430 g/mol. The van der Waals surface area contributed by atoms with E-state index in [1.165, 1.54) is 10.5 Å². The van der Waals surface area contributed by atoms with Crippen LogP contribution in [0.5, 0.6) is 0 Å². The van der Waals surface area contributed by atoms with Crippen LogP contribution in [0.2, 0.25) is 0 Å². The van der Waals surface area contributed by atoms with Crippen LogP contribution < -0.4 is 0 Å². The largest absolute Gasteiger partial charge is 0.462 e. The van der Waals surface area contributed by atoms with Crippen molar-refractivity contribution in [2.24, 2.45) is 5.41 Å². The second kappa shape index (κ2) is 7.82. The van der Waals surface area contributed by atoms with Crippen molar-refractivity contribution >= 4 is 28.6 Å². The molecule has 3 nitrogen and oxygen atoms in total. The number of hydrogen-bond acceptors (Lipinski definition) is 3. The molecular formula is C19H27IO3. The summed E-state index contributed by atoms with van der Waals surface area (Å²) in [6, 6.07) is 0. The molecule has 1 aliphatic rings. The van der Waals surface area contributed by atoms with Crippen molar-refractivity contribution in [1.82, 2.24) is 0 Å². The number of esters is 1. The van der Waals surface area contributed by atoms with Crippen LogP contribution in [0.1, 0.15) is 54.4 Å². The van der Waals surface area contributed by atoms with Gasteiger partial charge >= 0.3 is 5.97 Å². The van der Waals surface area contributed by atoms with Gasteiger partial charge in [0.25, 0.3) is 0 Å². The first-order valence-electron chi connectivity index (χ1n) is 7.82. The quantitative estimate of drug-likeness (QED) is 0.301. The third-order valence-corrected chi connectivity index (χ3v) is 4.29. The normalized spacial score (nSPS) is 28.2. The molecule has 0 saturated heterocycles. The van der Waals surface area contributed by atoms with Crippen molar-refractivity contribution in [2.75, 3.05) is 0 Å². The second-order valence-electron chi connectivity index (χ2n) is 7.13. The standard InChI is InChI=1S/C19H27IO3/c1-13(7-9-14(2)20)8-10-17-18(4,5)11-16(23-15(3)21)12-19(17,6)22/h7-9,16,22H,11-12H2,1-6H3/b13-7+,14-9+/t10?,16-,19+/m0/s1. The molecule has 0 aromatic carbocycles. The Morgan fingerprint density at radius 3 is 2.35 bits per heavy atom. The zero-order chi connectivity index (χ0) is 17.8. The van der Waals surface area contributed by atoms with Crippen molar-refractivity contribution < 1.29 is 14.6 Å². The highest BCUT2D eigenvalue weighted by Crippen LogP contribution is 2.46. The Labute approximate surface area is 153 Å². The van der Waals surface area contributed by atoms with Crippen molar-refractivity contribution in [1.29, 1.82) is 0 Å². The number of allylic oxidation sites excluding steroid dienone is 4. The van der Waals surface area contributed by atoms with Crippen LogP contribution in [-0.2, 0) is 9.53 Å². The predicted molar refractivity (Wildman–Crippen MR) is 102 cm³/mol. The number of halogens is 1. The molecule has 0 radical (unpaired) electrons. The number of aliphatic hydroxyl groups is 1. The maximum absolute atomic E-state index is 11.2. The molecular weight excluding hydrogens is 403 g/mol. The first-order valence-corrected chi connectivity index (χ1v) is 8.90. The monoisotopic (exact) mass is 430 g/mol. The van der Waals surface area contributed by atoms with Crippen molar-refractivity contribution in [2.45, 2.75) is 66.1 Å².